The average Bonchev–Trinajstić information content (AvgIpc) is 2.78. The number of hydrogen-bond acceptors (Lipinski definition) is 5. The van der Waals surface area contributed by atoms with E-state index >= 15 is 0 Å². The minimum Gasteiger partial charge on any atom is -0.478 e. The summed E-state index contributed by atoms with van der Waals surface area (Å²) in [5, 5.41) is 12.5. The van der Waals surface area contributed by atoms with Crippen molar-refractivity contribution in [2.75, 3.05) is 26.8 Å². The minimum atomic E-state index is -0.995. The van der Waals surface area contributed by atoms with Gasteiger partial charge in [0.25, 0.3) is 0 Å². The smallest absolute Gasteiger partial charge is 0.341 e. The molecule has 1 aromatic rings. The molecule has 0 aliphatic carbocycles. The Hall–Kier alpha value is -1.40. The van der Waals surface area contributed by atoms with Gasteiger partial charge in [-0.25, -0.2) is 4.79 Å². The Bertz CT molecular complexity index is 399. The number of ether oxygens (including phenoxy) is 1. The van der Waals surface area contributed by atoms with Gasteiger partial charge in [0, 0.05) is 19.8 Å². The summed E-state index contributed by atoms with van der Waals surface area (Å²) in [5.41, 5.74) is 0.147. The Balaban J connectivity index is 1.88. The Morgan fingerprint density at radius 2 is 2.28 bits per heavy atom. The molecule has 100 valence electrons. The van der Waals surface area contributed by atoms with Crippen LogP contribution in [0.3, 0.4) is 0 Å². The molecule has 1 N–H and O–H groups in total. The van der Waals surface area contributed by atoms with Crippen molar-refractivity contribution in [2.24, 2.45) is 5.92 Å². The van der Waals surface area contributed by atoms with Gasteiger partial charge in [-0.3, -0.25) is 4.90 Å². The summed E-state index contributed by atoms with van der Waals surface area (Å²) in [5.74, 6) is 0.0303. The first kappa shape index (κ1) is 13.0. The van der Waals surface area contributed by atoms with Crippen LogP contribution in [0, 0.1) is 5.92 Å². The van der Waals surface area contributed by atoms with Crippen molar-refractivity contribution < 1.29 is 19.2 Å². The summed E-state index contributed by atoms with van der Waals surface area (Å²) < 4.78 is 10.3. The van der Waals surface area contributed by atoms with Crippen LogP contribution in [-0.4, -0.2) is 47.9 Å². The topological polar surface area (TPSA) is 75.8 Å². The zero-order valence-corrected chi connectivity index (χ0v) is 10.5. The van der Waals surface area contributed by atoms with Gasteiger partial charge in [0.2, 0.25) is 0 Å². The molecule has 6 nitrogen and oxygen atoms in total. The molecular weight excluding hydrogens is 236 g/mol. The Kier molecular flexibility index (Phi) is 4.33. The van der Waals surface area contributed by atoms with Crippen LogP contribution in [0.1, 0.15) is 29.0 Å². The second kappa shape index (κ2) is 5.97. The van der Waals surface area contributed by atoms with Gasteiger partial charge in [-0.15, -0.1) is 0 Å². The third-order valence-electron chi connectivity index (χ3n) is 3.20. The van der Waals surface area contributed by atoms with Crippen molar-refractivity contribution in [1.29, 1.82) is 0 Å². The van der Waals surface area contributed by atoms with Crippen LogP contribution < -0.4 is 0 Å². The molecule has 6 heteroatoms. The van der Waals surface area contributed by atoms with Crippen molar-refractivity contribution in [3.63, 3.8) is 0 Å². The van der Waals surface area contributed by atoms with E-state index < -0.39 is 5.97 Å². The highest BCUT2D eigenvalue weighted by molar-refractivity contribution is 5.88. The van der Waals surface area contributed by atoms with Crippen LogP contribution in [0.2, 0.25) is 0 Å². The molecule has 2 rings (SSSR count). The molecule has 18 heavy (non-hydrogen) atoms. The van der Waals surface area contributed by atoms with Crippen molar-refractivity contribution in [1.82, 2.24) is 10.1 Å². The van der Waals surface area contributed by atoms with Crippen LogP contribution in [0.25, 0.3) is 0 Å². The fourth-order valence-corrected chi connectivity index (χ4v) is 2.23. The van der Waals surface area contributed by atoms with E-state index in [0.29, 0.717) is 18.2 Å². The molecule has 1 aromatic heterocycles. The molecule has 0 atom stereocenters. The van der Waals surface area contributed by atoms with Gasteiger partial charge in [-0.2, -0.15) is 0 Å². The number of aromatic nitrogens is 1. The molecule has 1 fully saturated rings. The second-order valence-corrected chi connectivity index (χ2v) is 4.72. The number of nitrogens with zero attached hydrogens (tertiary/aromatic N) is 2. The molecule has 1 saturated heterocycles. The molecule has 1 aliphatic heterocycles. The van der Waals surface area contributed by atoms with Gasteiger partial charge < -0.3 is 14.4 Å². The predicted octanol–water partition coefficient (Wildman–Crippen LogP) is 1.23. The normalized spacial score (nSPS) is 17.2. The van der Waals surface area contributed by atoms with Crippen LogP contribution in [0.15, 0.2) is 10.7 Å². The maximum absolute atomic E-state index is 10.9. The standard InChI is InChI=1S/C12H18N2O4/c1-14(7-9-2-4-17-5-3-9)8-11-10(12(15)16)6-13-18-11/h6,9H,2-5,7-8H2,1H3,(H,15,16). The third kappa shape index (κ3) is 3.30. The summed E-state index contributed by atoms with van der Waals surface area (Å²) in [6.07, 6.45) is 3.37. The van der Waals surface area contributed by atoms with Crippen molar-refractivity contribution in [3.8, 4) is 0 Å². The SMILES string of the molecule is CN(Cc1oncc1C(=O)O)CC1CCOCC1. The summed E-state index contributed by atoms with van der Waals surface area (Å²) in [7, 11) is 1.96. The van der Waals surface area contributed by atoms with Crippen LogP contribution in [0.5, 0.6) is 0 Å². The number of carboxylic acid groups (broad SMARTS) is 1. The Labute approximate surface area is 106 Å². The van der Waals surface area contributed by atoms with Gasteiger partial charge in [0.05, 0.1) is 12.7 Å². The lowest BCUT2D eigenvalue weighted by Crippen LogP contribution is -2.29. The highest BCUT2D eigenvalue weighted by Gasteiger charge is 2.19. The molecule has 0 radical (unpaired) electrons. The number of carbonyl (C=O) groups is 1. The average molecular weight is 254 g/mol. The van der Waals surface area contributed by atoms with E-state index in [2.05, 4.69) is 10.1 Å². The van der Waals surface area contributed by atoms with Gasteiger partial charge in [0.15, 0.2) is 5.76 Å². The number of rotatable bonds is 5. The second-order valence-electron chi connectivity index (χ2n) is 4.72. The highest BCUT2D eigenvalue weighted by Crippen LogP contribution is 2.17. The highest BCUT2D eigenvalue weighted by atomic mass is 16.5. The first-order valence-electron chi connectivity index (χ1n) is 6.10. The summed E-state index contributed by atoms with van der Waals surface area (Å²) in [6, 6.07) is 0. The van der Waals surface area contributed by atoms with E-state index in [9.17, 15) is 4.79 Å². The van der Waals surface area contributed by atoms with E-state index in [1.54, 1.807) is 0 Å². The summed E-state index contributed by atoms with van der Waals surface area (Å²) >= 11 is 0. The van der Waals surface area contributed by atoms with Gasteiger partial charge in [-0.1, -0.05) is 5.16 Å². The fourth-order valence-electron chi connectivity index (χ4n) is 2.23. The summed E-state index contributed by atoms with van der Waals surface area (Å²) in [4.78, 5) is 13.0. The van der Waals surface area contributed by atoms with Crippen molar-refractivity contribution >= 4 is 5.97 Å². The monoisotopic (exact) mass is 254 g/mol. The molecule has 0 bridgehead atoms. The Morgan fingerprint density at radius 1 is 1.56 bits per heavy atom. The quantitative estimate of drug-likeness (QED) is 0.851. The molecule has 0 spiro atoms. The molecule has 0 amide bonds. The lowest BCUT2D eigenvalue weighted by molar-refractivity contribution is 0.0539. The molecule has 0 unspecified atom stereocenters. The van der Waals surface area contributed by atoms with Crippen LogP contribution in [-0.2, 0) is 11.3 Å². The Morgan fingerprint density at radius 3 is 2.94 bits per heavy atom. The lowest BCUT2D eigenvalue weighted by atomic mass is 10.00. The number of carboxylic acids is 1. The largest absolute Gasteiger partial charge is 0.478 e. The molecule has 0 saturated carbocycles. The number of aromatic carboxylic acids is 1. The molecule has 2 heterocycles. The van der Waals surface area contributed by atoms with Gasteiger partial charge >= 0.3 is 5.97 Å². The lowest BCUT2D eigenvalue weighted by Gasteiger charge is -2.26. The predicted molar refractivity (Wildman–Crippen MR) is 63.3 cm³/mol. The first-order chi connectivity index (χ1) is 8.66. The van der Waals surface area contributed by atoms with E-state index in [0.717, 1.165) is 32.6 Å². The van der Waals surface area contributed by atoms with E-state index in [-0.39, 0.29) is 5.56 Å². The summed E-state index contributed by atoms with van der Waals surface area (Å²) in [6.45, 7) is 3.03. The third-order valence-corrected chi connectivity index (χ3v) is 3.20. The zero-order chi connectivity index (χ0) is 13.0. The maximum Gasteiger partial charge on any atom is 0.341 e. The van der Waals surface area contributed by atoms with Crippen LogP contribution >= 0.6 is 0 Å². The maximum atomic E-state index is 10.9. The first-order valence-corrected chi connectivity index (χ1v) is 6.10. The van der Waals surface area contributed by atoms with E-state index in [1.807, 2.05) is 7.05 Å². The van der Waals surface area contributed by atoms with Crippen LogP contribution in [0.4, 0.5) is 0 Å². The molecule has 1 aliphatic rings. The fraction of sp³-hybridized carbons (Fsp3) is 0.667. The van der Waals surface area contributed by atoms with Gasteiger partial charge in [-0.05, 0) is 25.8 Å². The van der Waals surface area contributed by atoms with Crippen molar-refractivity contribution in [2.45, 2.75) is 19.4 Å². The van der Waals surface area contributed by atoms with Crippen molar-refractivity contribution in [3.05, 3.63) is 17.5 Å². The van der Waals surface area contributed by atoms with Gasteiger partial charge in [0.1, 0.15) is 5.56 Å². The number of hydrogen-bond donors (Lipinski definition) is 1. The van der Waals surface area contributed by atoms with E-state index in [4.69, 9.17) is 14.4 Å². The molecule has 0 aromatic carbocycles. The molecular formula is C12H18N2O4. The van der Waals surface area contributed by atoms with E-state index in [1.165, 1.54) is 6.20 Å². The zero-order valence-electron chi connectivity index (χ0n) is 10.5. The minimum absolute atomic E-state index is 0.147.